The number of aromatic nitrogens is 2. The van der Waals surface area contributed by atoms with Crippen LogP contribution in [0.1, 0.15) is 17.4 Å². The normalized spacial score (nSPS) is 10.2. The number of nitrogens with zero attached hydrogens (tertiary/aromatic N) is 2. The Bertz CT molecular complexity index is 403. The van der Waals surface area contributed by atoms with Crippen molar-refractivity contribution in [1.29, 1.82) is 0 Å². The van der Waals surface area contributed by atoms with Gasteiger partial charge in [0.2, 0.25) is 0 Å². The van der Waals surface area contributed by atoms with E-state index in [1.807, 2.05) is 6.92 Å². The fourth-order valence-corrected chi connectivity index (χ4v) is 1.61. The van der Waals surface area contributed by atoms with Crippen LogP contribution in [0.25, 0.3) is 0 Å². The van der Waals surface area contributed by atoms with Crippen LogP contribution < -0.4 is 5.56 Å². The van der Waals surface area contributed by atoms with Crippen LogP contribution >= 0.6 is 11.8 Å². The zero-order valence-corrected chi connectivity index (χ0v) is 9.16. The molecule has 0 spiro atoms. The van der Waals surface area contributed by atoms with Crippen LogP contribution in [0.15, 0.2) is 16.9 Å². The summed E-state index contributed by atoms with van der Waals surface area (Å²) in [5.74, 6) is 0.603. The Morgan fingerprint density at radius 1 is 1.60 bits per heavy atom. The summed E-state index contributed by atoms with van der Waals surface area (Å²) in [5, 5.41) is 12.4. The van der Waals surface area contributed by atoms with E-state index in [1.54, 1.807) is 11.8 Å². The summed E-state index contributed by atoms with van der Waals surface area (Å²) in [6.45, 7) is 2.47. The van der Waals surface area contributed by atoms with Gasteiger partial charge in [-0.25, -0.2) is 9.48 Å². The number of carbonyl (C=O) groups is 1. The summed E-state index contributed by atoms with van der Waals surface area (Å²) in [6.07, 6.45) is 0. The zero-order chi connectivity index (χ0) is 11.3. The van der Waals surface area contributed by atoms with E-state index in [4.69, 9.17) is 5.11 Å². The molecule has 0 radical (unpaired) electrons. The molecule has 0 aliphatic rings. The Morgan fingerprint density at radius 3 is 2.93 bits per heavy atom. The number of carboxylic acids is 1. The second-order valence-corrected chi connectivity index (χ2v) is 4.18. The lowest BCUT2D eigenvalue weighted by Gasteiger charge is -2.03. The van der Waals surface area contributed by atoms with Gasteiger partial charge in [0.05, 0.1) is 6.54 Å². The molecule has 0 aliphatic heterocycles. The van der Waals surface area contributed by atoms with Crippen LogP contribution in [0.5, 0.6) is 0 Å². The first-order valence-corrected chi connectivity index (χ1v) is 5.70. The summed E-state index contributed by atoms with van der Waals surface area (Å²) in [4.78, 5) is 21.9. The van der Waals surface area contributed by atoms with E-state index in [0.29, 0.717) is 6.54 Å². The fraction of sp³-hybridized carbons (Fsp3) is 0.444. The van der Waals surface area contributed by atoms with Crippen molar-refractivity contribution in [3.05, 3.63) is 28.2 Å². The minimum absolute atomic E-state index is 0.101. The Kier molecular flexibility index (Phi) is 4.36. The zero-order valence-electron chi connectivity index (χ0n) is 8.34. The second-order valence-electron chi connectivity index (χ2n) is 2.78. The Hall–Kier alpha value is -1.30. The molecule has 82 valence electrons. The molecule has 0 unspecified atom stereocenters. The average molecular weight is 228 g/mol. The first kappa shape index (κ1) is 11.8. The van der Waals surface area contributed by atoms with Gasteiger partial charge in [-0.2, -0.15) is 16.9 Å². The van der Waals surface area contributed by atoms with Crippen LogP contribution in [0.3, 0.4) is 0 Å². The third-order valence-corrected chi connectivity index (χ3v) is 2.62. The molecule has 0 amide bonds. The fourth-order valence-electron chi connectivity index (χ4n) is 1.02. The largest absolute Gasteiger partial charge is 0.476 e. The number of aryl methyl sites for hydroxylation is 1. The predicted molar refractivity (Wildman–Crippen MR) is 58.5 cm³/mol. The van der Waals surface area contributed by atoms with Crippen LogP contribution in [-0.2, 0) is 6.54 Å². The molecule has 0 saturated heterocycles. The van der Waals surface area contributed by atoms with E-state index in [1.165, 1.54) is 16.8 Å². The maximum atomic E-state index is 11.3. The lowest BCUT2D eigenvalue weighted by atomic mass is 10.4. The highest BCUT2D eigenvalue weighted by molar-refractivity contribution is 7.99. The number of rotatable bonds is 5. The van der Waals surface area contributed by atoms with Gasteiger partial charge in [-0.05, 0) is 11.8 Å². The van der Waals surface area contributed by atoms with E-state index in [-0.39, 0.29) is 11.3 Å². The average Bonchev–Trinajstić information content (AvgIpc) is 2.20. The predicted octanol–water partition coefficient (Wildman–Crippen LogP) is 0.695. The van der Waals surface area contributed by atoms with Crippen molar-refractivity contribution in [2.45, 2.75) is 13.5 Å². The minimum Gasteiger partial charge on any atom is -0.476 e. The summed E-state index contributed by atoms with van der Waals surface area (Å²) < 4.78 is 1.19. The number of thioether (sulfide) groups is 1. The Balaban J connectivity index is 2.81. The van der Waals surface area contributed by atoms with Gasteiger partial charge in [-0.1, -0.05) is 6.92 Å². The van der Waals surface area contributed by atoms with Crippen molar-refractivity contribution < 1.29 is 9.90 Å². The quantitative estimate of drug-likeness (QED) is 0.751. The van der Waals surface area contributed by atoms with Gasteiger partial charge in [0.25, 0.3) is 5.56 Å². The van der Waals surface area contributed by atoms with Gasteiger partial charge in [-0.3, -0.25) is 4.79 Å². The molecule has 0 atom stereocenters. The minimum atomic E-state index is -1.12. The maximum Gasteiger partial charge on any atom is 0.356 e. The maximum absolute atomic E-state index is 11.3. The summed E-state index contributed by atoms with van der Waals surface area (Å²) in [6, 6.07) is 2.45. The van der Waals surface area contributed by atoms with Crippen molar-refractivity contribution in [3.63, 3.8) is 0 Å². The number of hydrogen-bond donors (Lipinski definition) is 1. The van der Waals surface area contributed by atoms with E-state index >= 15 is 0 Å². The van der Waals surface area contributed by atoms with E-state index in [2.05, 4.69) is 5.10 Å². The summed E-state index contributed by atoms with van der Waals surface area (Å²) >= 11 is 1.68. The molecule has 5 nitrogen and oxygen atoms in total. The molecule has 6 heteroatoms. The Morgan fingerprint density at radius 2 is 2.33 bits per heavy atom. The first-order chi connectivity index (χ1) is 7.15. The highest BCUT2D eigenvalue weighted by Crippen LogP contribution is 1.98. The van der Waals surface area contributed by atoms with E-state index in [0.717, 1.165) is 11.5 Å². The second kappa shape index (κ2) is 5.55. The van der Waals surface area contributed by atoms with Crippen molar-refractivity contribution in [2.24, 2.45) is 0 Å². The molecular formula is C9H12N2O3S. The van der Waals surface area contributed by atoms with Crippen molar-refractivity contribution in [1.82, 2.24) is 9.78 Å². The van der Waals surface area contributed by atoms with Gasteiger partial charge in [0.15, 0.2) is 5.69 Å². The third-order valence-electron chi connectivity index (χ3n) is 1.74. The lowest BCUT2D eigenvalue weighted by molar-refractivity contribution is 0.0687. The Labute approximate surface area is 91.1 Å². The number of hydrogen-bond acceptors (Lipinski definition) is 4. The van der Waals surface area contributed by atoms with Gasteiger partial charge < -0.3 is 5.11 Å². The molecular weight excluding hydrogens is 216 g/mol. The lowest BCUT2D eigenvalue weighted by Crippen LogP contribution is -2.25. The molecule has 0 saturated carbocycles. The van der Waals surface area contributed by atoms with E-state index in [9.17, 15) is 9.59 Å². The van der Waals surface area contributed by atoms with Gasteiger partial charge >= 0.3 is 5.97 Å². The molecule has 0 bridgehead atoms. The van der Waals surface area contributed by atoms with Gasteiger partial charge in [0.1, 0.15) is 0 Å². The standard InChI is InChI=1S/C9H12N2O3S/c1-2-15-6-5-11-8(12)4-3-7(10-11)9(13)14/h3-4H,2,5-6H2,1H3,(H,13,14). The molecule has 0 fully saturated rings. The number of carboxylic acid groups (broad SMARTS) is 1. The highest BCUT2D eigenvalue weighted by atomic mass is 32.2. The summed E-state index contributed by atoms with van der Waals surface area (Å²) in [7, 11) is 0. The SMILES string of the molecule is CCSCCn1nc(C(=O)O)ccc1=O. The third kappa shape index (κ3) is 3.39. The monoisotopic (exact) mass is 228 g/mol. The van der Waals surface area contributed by atoms with Crippen molar-refractivity contribution >= 4 is 17.7 Å². The molecule has 0 aliphatic carbocycles. The van der Waals surface area contributed by atoms with Crippen molar-refractivity contribution in [2.75, 3.05) is 11.5 Å². The smallest absolute Gasteiger partial charge is 0.356 e. The molecule has 1 aromatic heterocycles. The van der Waals surface area contributed by atoms with E-state index < -0.39 is 5.97 Å². The molecule has 0 aromatic carbocycles. The van der Waals surface area contributed by atoms with Crippen LogP contribution in [0.4, 0.5) is 0 Å². The number of aromatic carboxylic acids is 1. The first-order valence-electron chi connectivity index (χ1n) is 4.54. The topological polar surface area (TPSA) is 72.2 Å². The van der Waals surface area contributed by atoms with Crippen LogP contribution in [0.2, 0.25) is 0 Å². The molecule has 1 heterocycles. The molecule has 1 aromatic rings. The molecule has 1 rings (SSSR count). The van der Waals surface area contributed by atoms with Gasteiger partial charge in [-0.15, -0.1) is 0 Å². The van der Waals surface area contributed by atoms with Gasteiger partial charge in [0, 0.05) is 11.8 Å². The molecule has 15 heavy (non-hydrogen) atoms. The van der Waals surface area contributed by atoms with Crippen molar-refractivity contribution in [3.8, 4) is 0 Å². The van der Waals surface area contributed by atoms with Crippen LogP contribution in [-0.4, -0.2) is 32.4 Å². The summed E-state index contributed by atoms with van der Waals surface area (Å²) in [5.41, 5.74) is -0.368. The van der Waals surface area contributed by atoms with Crippen LogP contribution in [0, 0.1) is 0 Å². The highest BCUT2D eigenvalue weighted by Gasteiger charge is 2.06. The molecule has 1 N–H and O–H groups in total.